The zero-order chi connectivity index (χ0) is 17.1. The molecule has 3 aliphatic carbocycles. The van der Waals surface area contributed by atoms with Crippen LogP contribution in [0.1, 0.15) is 52.9 Å². The van der Waals surface area contributed by atoms with Gasteiger partial charge in [-0.3, -0.25) is 0 Å². The molecule has 0 aromatic carbocycles. The fourth-order valence-corrected chi connectivity index (χ4v) is 7.77. The topological polar surface area (TPSA) is 58.9 Å². The first kappa shape index (κ1) is 15.8. The van der Waals surface area contributed by atoms with Crippen LogP contribution in [0.3, 0.4) is 0 Å². The van der Waals surface area contributed by atoms with Crippen molar-refractivity contribution < 1.29 is 19.7 Å². The molecule has 134 valence electrons. The average Bonchev–Trinajstić information content (AvgIpc) is 2.87. The Balaban J connectivity index is 1.66. The molecule has 3 aliphatic heterocycles. The van der Waals surface area contributed by atoms with Crippen molar-refractivity contribution in [3.05, 3.63) is 12.7 Å². The predicted octanol–water partition coefficient (Wildman–Crippen LogP) is 2.63. The molecule has 3 saturated carbocycles. The molecular formula is C20H30O4. The Labute approximate surface area is 144 Å². The first-order valence-corrected chi connectivity index (χ1v) is 9.52. The Kier molecular flexibility index (Phi) is 2.82. The van der Waals surface area contributed by atoms with Crippen LogP contribution in [-0.4, -0.2) is 40.4 Å². The molecule has 2 N–H and O–H groups in total. The van der Waals surface area contributed by atoms with Gasteiger partial charge in [0.2, 0.25) is 0 Å². The van der Waals surface area contributed by atoms with Gasteiger partial charge in [-0.05, 0) is 42.9 Å². The van der Waals surface area contributed by atoms with Crippen molar-refractivity contribution in [3.8, 4) is 0 Å². The van der Waals surface area contributed by atoms with Crippen molar-refractivity contribution in [2.24, 2.45) is 28.1 Å². The second-order valence-corrected chi connectivity index (χ2v) is 10.2. The predicted molar refractivity (Wildman–Crippen MR) is 89.1 cm³/mol. The molecule has 9 atom stereocenters. The first-order chi connectivity index (χ1) is 11.2. The van der Waals surface area contributed by atoms with Gasteiger partial charge in [-0.2, -0.15) is 0 Å². The van der Waals surface area contributed by atoms with Crippen molar-refractivity contribution in [2.45, 2.75) is 83.1 Å². The highest BCUT2D eigenvalue weighted by atomic mass is 16.7. The number of hydrogen-bond donors (Lipinski definition) is 2. The molecule has 0 radical (unpaired) electrons. The van der Waals surface area contributed by atoms with Crippen molar-refractivity contribution in [2.75, 3.05) is 0 Å². The van der Waals surface area contributed by atoms with E-state index in [0.717, 1.165) is 32.1 Å². The number of aliphatic hydroxyl groups is 2. The van der Waals surface area contributed by atoms with E-state index >= 15 is 0 Å². The highest BCUT2D eigenvalue weighted by Gasteiger charge is 2.83. The van der Waals surface area contributed by atoms with Crippen molar-refractivity contribution in [1.29, 1.82) is 0 Å². The molecule has 24 heavy (non-hydrogen) atoms. The van der Waals surface area contributed by atoms with Crippen LogP contribution in [0.2, 0.25) is 0 Å². The molecule has 4 nitrogen and oxygen atoms in total. The zero-order valence-corrected chi connectivity index (χ0v) is 15.0. The molecular weight excluding hydrogens is 304 g/mol. The van der Waals surface area contributed by atoms with Crippen molar-refractivity contribution in [1.82, 2.24) is 0 Å². The lowest BCUT2D eigenvalue weighted by molar-refractivity contribution is -0.301. The minimum Gasteiger partial charge on any atom is -0.393 e. The third kappa shape index (κ3) is 1.52. The van der Waals surface area contributed by atoms with Gasteiger partial charge < -0.3 is 19.7 Å². The first-order valence-electron chi connectivity index (χ1n) is 9.52. The summed E-state index contributed by atoms with van der Waals surface area (Å²) >= 11 is 0. The Morgan fingerprint density at radius 3 is 2.62 bits per heavy atom. The Morgan fingerprint density at radius 1 is 1.17 bits per heavy atom. The van der Waals surface area contributed by atoms with E-state index in [-0.39, 0.29) is 46.6 Å². The molecule has 0 aromatic heterocycles. The molecule has 4 heteroatoms. The maximum absolute atomic E-state index is 11.3. The largest absolute Gasteiger partial charge is 0.393 e. The standard InChI is InChI=1S/C20H30O4/c1-5-18(4)7-6-12-19-9-11(21)8-17(2,3)14(19)13-15(22)20(12,10-18)24-16(19)23-13/h5,11-16,21-22H,1,6-10H2,2-4H3. The van der Waals surface area contributed by atoms with Gasteiger partial charge >= 0.3 is 0 Å². The zero-order valence-electron chi connectivity index (χ0n) is 15.0. The maximum atomic E-state index is 11.3. The lowest BCUT2D eigenvalue weighted by Crippen LogP contribution is -2.68. The molecule has 6 aliphatic rings. The maximum Gasteiger partial charge on any atom is 0.165 e. The fourth-order valence-electron chi connectivity index (χ4n) is 7.77. The van der Waals surface area contributed by atoms with E-state index < -0.39 is 11.7 Å². The number of rotatable bonds is 1. The summed E-state index contributed by atoms with van der Waals surface area (Å²) in [5.74, 6) is 0.540. The molecule has 2 spiro atoms. The van der Waals surface area contributed by atoms with E-state index in [1.54, 1.807) is 0 Å². The van der Waals surface area contributed by atoms with E-state index in [1.165, 1.54) is 0 Å². The highest BCUT2D eigenvalue weighted by Crippen LogP contribution is 2.76. The monoisotopic (exact) mass is 334 g/mol. The summed E-state index contributed by atoms with van der Waals surface area (Å²) in [5.41, 5.74) is -0.686. The van der Waals surface area contributed by atoms with Crippen molar-refractivity contribution >= 4 is 0 Å². The Bertz CT molecular complexity index is 602. The number of allylic oxidation sites excluding steroid dienone is 1. The molecule has 6 rings (SSSR count). The van der Waals surface area contributed by atoms with Gasteiger partial charge in [-0.15, -0.1) is 6.58 Å². The lowest BCUT2D eigenvalue weighted by Gasteiger charge is -2.62. The van der Waals surface area contributed by atoms with Crippen LogP contribution in [0.15, 0.2) is 12.7 Å². The van der Waals surface area contributed by atoms with Crippen molar-refractivity contribution in [3.63, 3.8) is 0 Å². The molecule has 0 amide bonds. The van der Waals surface area contributed by atoms with Gasteiger partial charge in [0.05, 0.1) is 12.2 Å². The second-order valence-electron chi connectivity index (χ2n) is 10.2. The van der Waals surface area contributed by atoms with Gasteiger partial charge in [0.1, 0.15) is 11.7 Å². The number of aliphatic hydroxyl groups excluding tert-OH is 2. The van der Waals surface area contributed by atoms with E-state index in [1.807, 2.05) is 6.08 Å². The van der Waals surface area contributed by atoms with Crippen LogP contribution in [-0.2, 0) is 9.47 Å². The van der Waals surface area contributed by atoms with Gasteiger partial charge in [0, 0.05) is 17.3 Å². The number of ether oxygens (including phenoxy) is 2. The van der Waals surface area contributed by atoms with E-state index in [2.05, 4.69) is 27.4 Å². The van der Waals surface area contributed by atoms with E-state index in [9.17, 15) is 10.2 Å². The molecule has 6 fully saturated rings. The summed E-state index contributed by atoms with van der Waals surface area (Å²) in [6, 6.07) is 0. The van der Waals surface area contributed by atoms with E-state index in [0.29, 0.717) is 0 Å². The quantitative estimate of drug-likeness (QED) is 0.724. The van der Waals surface area contributed by atoms with Crippen LogP contribution in [0.25, 0.3) is 0 Å². The second kappa shape index (κ2) is 4.28. The molecule has 9 unspecified atom stereocenters. The SMILES string of the molecule is C=CC1(C)CCC2C3(C1)OC1OC(C3O)C3C(C)(C)CC(O)CC132. The normalized spacial score (nSPS) is 63.0. The average molecular weight is 334 g/mol. The third-order valence-corrected chi connectivity index (χ3v) is 8.37. The molecule has 0 aromatic rings. The Morgan fingerprint density at radius 2 is 1.92 bits per heavy atom. The summed E-state index contributed by atoms with van der Waals surface area (Å²) in [4.78, 5) is 0. The summed E-state index contributed by atoms with van der Waals surface area (Å²) in [6.45, 7) is 10.7. The minimum atomic E-state index is -0.575. The summed E-state index contributed by atoms with van der Waals surface area (Å²) in [5, 5.41) is 22.0. The smallest absolute Gasteiger partial charge is 0.165 e. The molecule has 4 bridgehead atoms. The third-order valence-electron chi connectivity index (χ3n) is 8.37. The van der Waals surface area contributed by atoms with Gasteiger partial charge in [-0.1, -0.05) is 26.8 Å². The van der Waals surface area contributed by atoms with Crippen LogP contribution in [0.4, 0.5) is 0 Å². The van der Waals surface area contributed by atoms with Crippen LogP contribution in [0.5, 0.6) is 0 Å². The molecule has 3 saturated heterocycles. The number of hydrogen-bond acceptors (Lipinski definition) is 4. The highest BCUT2D eigenvalue weighted by molar-refractivity contribution is 5.29. The lowest BCUT2D eigenvalue weighted by atomic mass is 9.42. The fraction of sp³-hybridized carbons (Fsp3) is 0.900. The van der Waals surface area contributed by atoms with E-state index in [4.69, 9.17) is 9.47 Å². The van der Waals surface area contributed by atoms with Crippen LogP contribution < -0.4 is 0 Å². The summed E-state index contributed by atoms with van der Waals surface area (Å²) in [6.07, 6.45) is 5.18. The van der Waals surface area contributed by atoms with Gasteiger partial charge in [0.25, 0.3) is 0 Å². The molecule has 3 heterocycles. The minimum absolute atomic E-state index is 0.00505. The summed E-state index contributed by atoms with van der Waals surface area (Å²) in [7, 11) is 0. The van der Waals surface area contributed by atoms with Gasteiger partial charge in [-0.25, -0.2) is 0 Å². The van der Waals surface area contributed by atoms with Crippen LogP contribution in [0, 0.1) is 28.1 Å². The van der Waals surface area contributed by atoms with Gasteiger partial charge in [0.15, 0.2) is 6.29 Å². The van der Waals surface area contributed by atoms with Crippen LogP contribution >= 0.6 is 0 Å². The summed E-state index contributed by atoms with van der Waals surface area (Å²) < 4.78 is 12.8. The Hall–Kier alpha value is -0.420.